The van der Waals surface area contributed by atoms with Crippen LogP contribution in [0.25, 0.3) is 0 Å². The average molecular weight is 316 g/mol. The number of hydrogen-bond acceptors (Lipinski definition) is 4. The predicted molar refractivity (Wildman–Crippen MR) is 76.6 cm³/mol. The Kier molecular flexibility index (Phi) is 5.92. The Hall–Kier alpha value is -2.35. The number of carboxylic acid groups (broad SMARTS) is 1. The van der Waals surface area contributed by atoms with Gasteiger partial charge in [0.1, 0.15) is 0 Å². The first-order valence-electron chi connectivity index (χ1n) is 5.99. The van der Waals surface area contributed by atoms with Crippen LogP contribution in [0, 0.1) is 10.1 Å². The summed E-state index contributed by atoms with van der Waals surface area (Å²) in [6.07, 6.45) is 0.261. The van der Waals surface area contributed by atoms with Crippen molar-refractivity contribution in [1.29, 1.82) is 0 Å². The molecule has 0 saturated heterocycles. The molecule has 0 atom stereocenters. The highest BCUT2D eigenvalue weighted by atomic mass is 35.5. The molecule has 2 N–H and O–H groups in total. The summed E-state index contributed by atoms with van der Waals surface area (Å²) in [6.45, 7) is 0.241. The normalized spacial score (nSPS) is 10.0. The number of non-ortho nitro benzene ring substituents is 1. The van der Waals surface area contributed by atoms with Gasteiger partial charge in [0, 0.05) is 32.1 Å². The average Bonchev–Trinajstić information content (AvgIpc) is 2.40. The molecule has 0 unspecified atom stereocenters. The molecule has 9 heteroatoms. The van der Waals surface area contributed by atoms with Crippen LogP contribution in [-0.2, 0) is 4.79 Å². The summed E-state index contributed by atoms with van der Waals surface area (Å²) in [5, 5.41) is 21.8. The number of amides is 2. The smallest absolute Gasteiger partial charge is 0.321 e. The molecule has 1 aromatic rings. The van der Waals surface area contributed by atoms with Gasteiger partial charge in [-0.25, -0.2) is 4.79 Å². The van der Waals surface area contributed by atoms with Gasteiger partial charge in [0.15, 0.2) is 0 Å². The summed E-state index contributed by atoms with van der Waals surface area (Å²) in [5.41, 5.74) is -0.0656. The van der Waals surface area contributed by atoms with Gasteiger partial charge >= 0.3 is 12.0 Å². The van der Waals surface area contributed by atoms with Crippen molar-refractivity contribution in [3.8, 4) is 0 Å². The van der Waals surface area contributed by atoms with Crippen LogP contribution in [0.15, 0.2) is 18.2 Å². The Bertz CT molecular complexity index is 564. The quantitative estimate of drug-likeness (QED) is 0.618. The molecule has 0 bridgehead atoms. The van der Waals surface area contributed by atoms with Crippen molar-refractivity contribution in [2.24, 2.45) is 0 Å². The number of hydrogen-bond donors (Lipinski definition) is 2. The summed E-state index contributed by atoms with van der Waals surface area (Å²) in [6, 6.07) is 3.18. The van der Waals surface area contributed by atoms with Gasteiger partial charge in [-0.1, -0.05) is 11.6 Å². The third-order valence-corrected chi connectivity index (χ3v) is 2.96. The summed E-state index contributed by atoms with van der Waals surface area (Å²) >= 11 is 5.86. The summed E-state index contributed by atoms with van der Waals surface area (Å²) in [5.74, 6) is -0.939. The number of nitrogens with one attached hydrogen (secondary N) is 1. The number of halogens is 1. The third kappa shape index (κ3) is 5.27. The van der Waals surface area contributed by atoms with Gasteiger partial charge in [-0.15, -0.1) is 0 Å². The van der Waals surface area contributed by atoms with E-state index in [0.29, 0.717) is 6.42 Å². The minimum absolute atomic E-state index is 0.0464. The largest absolute Gasteiger partial charge is 0.481 e. The van der Waals surface area contributed by atoms with E-state index in [4.69, 9.17) is 16.7 Å². The predicted octanol–water partition coefficient (Wildman–Crippen LogP) is 2.58. The molecule has 0 aliphatic rings. The zero-order chi connectivity index (χ0) is 16.0. The molecular formula is C12H14ClN3O5. The van der Waals surface area contributed by atoms with Crippen LogP contribution in [-0.4, -0.2) is 40.5 Å². The van der Waals surface area contributed by atoms with E-state index in [1.807, 2.05) is 0 Å². The Labute approximate surface area is 125 Å². The molecule has 0 saturated carbocycles. The molecule has 0 spiro atoms. The lowest BCUT2D eigenvalue weighted by atomic mass is 10.3. The van der Waals surface area contributed by atoms with E-state index in [0.717, 1.165) is 6.07 Å². The van der Waals surface area contributed by atoms with Gasteiger partial charge in [0.05, 0.1) is 15.6 Å². The number of benzene rings is 1. The van der Waals surface area contributed by atoms with Gasteiger partial charge in [0.25, 0.3) is 5.69 Å². The van der Waals surface area contributed by atoms with E-state index in [2.05, 4.69) is 5.32 Å². The van der Waals surface area contributed by atoms with Crippen LogP contribution in [0.1, 0.15) is 12.8 Å². The van der Waals surface area contributed by atoms with Crippen molar-refractivity contribution in [2.75, 3.05) is 18.9 Å². The summed E-state index contributed by atoms with van der Waals surface area (Å²) < 4.78 is 0. The van der Waals surface area contributed by atoms with E-state index in [1.165, 1.54) is 24.1 Å². The van der Waals surface area contributed by atoms with Crippen LogP contribution in [0.3, 0.4) is 0 Å². The highest BCUT2D eigenvalue weighted by Crippen LogP contribution is 2.26. The van der Waals surface area contributed by atoms with Gasteiger partial charge < -0.3 is 15.3 Å². The lowest BCUT2D eigenvalue weighted by molar-refractivity contribution is -0.384. The van der Waals surface area contributed by atoms with Gasteiger partial charge in [-0.2, -0.15) is 0 Å². The van der Waals surface area contributed by atoms with Crippen LogP contribution in [0.2, 0.25) is 5.02 Å². The van der Waals surface area contributed by atoms with Crippen molar-refractivity contribution in [3.63, 3.8) is 0 Å². The van der Waals surface area contributed by atoms with Gasteiger partial charge in [0.2, 0.25) is 0 Å². The van der Waals surface area contributed by atoms with E-state index in [9.17, 15) is 19.7 Å². The van der Waals surface area contributed by atoms with Crippen molar-refractivity contribution in [2.45, 2.75) is 12.8 Å². The SMILES string of the molecule is CN(CCCC(=O)O)C(=O)Nc1cc([N+](=O)[O-])ccc1Cl. The maximum atomic E-state index is 11.9. The third-order valence-electron chi connectivity index (χ3n) is 2.63. The molecule has 114 valence electrons. The zero-order valence-corrected chi connectivity index (χ0v) is 12.0. The first-order valence-corrected chi connectivity index (χ1v) is 6.37. The molecule has 0 aromatic heterocycles. The van der Waals surface area contributed by atoms with Gasteiger partial charge in [-0.05, 0) is 12.5 Å². The fourth-order valence-corrected chi connectivity index (χ4v) is 1.67. The molecule has 21 heavy (non-hydrogen) atoms. The number of carbonyl (C=O) groups is 2. The number of nitro benzene ring substituents is 1. The van der Waals surface area contributed by atoms with E-state index < -0.39 is 16.9 Å². The minimum atomic E-state index is -0.939. The number of rotatable bonds is 6. The minimum Gasteiger partial charge on any atom is -0.481 e. The maximum absolute atomic E-state index is 11.9. The second kappa shape index (κ2) is 7.44. The first kappa shape index (κ1) is 16.7. The lowest BCUT2D eigenvalue weighted by Crippen LogP contribution is -2.32. The molecular weight excluding hydrogens is 302 g/mol. The molecule has 0 radical (unpaired) electrons. The Balaban J connectivity index is 2.67. The number of nitro groups is 1. The molecule has 2 amide bonds. The molecule has 1 aromatic carbocycles. The highest BCUT2D eigenvalue weighted by Gasteiger charge is 2.14. The number of urea groups is 1. The molecule has 1 rings (SSSR count). The Morgan fingerprint density at radius 1 is 1.48 bits per heavy atom. The molecule has 0 fully saturated rings. The molecule has 0 aliphatic carbocycles. The van der Waals surface area contributed by atoms with Crippen molar-refractivity contribution >= 4 is 35.0 Å². The number of carboxylic acids is 1. The van der Waals surface area contributed by atoms with Gasteiger partial charge in [-0.3, -0.25) is 14.9 Å². The highest BCUT2D eigenvalue weighted by molar-refractivity contribution is 6.33. The number of anilines is 1. The Morgan fingerprint density at radius 3 is 2.71 bits per heavy atom. The second-order valence-electron chi connectivity index (χ2n) is 4.27. The topological polar surface area (TPSA) is 113 Å². The molecule has 8 nitrogen and oxygen atoms in total. The number of aliphatic carboxylic acids is 1. The zero-order valence-electron chi connectivity index (χ0n) is 11.2. The second-order valence-corrected chi connectivity index (χ2v) is 4.68. The van der Waals surface area contributed by atoms with E-state index in [-0.39, 0.29) is 29.4 Å². The molecule has 0 aliphatic heterocycles. The van der Waals surface area contributed by atoms with Crippen molar-refractivity contribution < 1.29 is 19.6 Å². The fourth-order valence-electron chi connectivity index (χ4n) is 1.50. The first-order chi connectivity index (χ1) is 9.81. The lowest BCUT2D eigenvalue weighted by Gasteiger charge is -2.17. The van der Waals surface area contributed by atoms with Crippen molar-refractivity contribution in [1.82, 2.24) is 4.90 Å². The van der Waals surface area contributed by atoms with Crippen LogP contribution >= 0.6 is 11.6 Å². The van der Waals surface area contributed by atoms with Crippen LogP contribution in [0.4, 0.5) is 16.2 Å². The summed E-state index contributed by atoms with van der Waals surface area (Å²) in [4.78, 5) is 33.6. The van der Waals surface area contributed by atoms with Crippen molar-refractivity contribution in [3.05, 3.63) is 33.3 Å². The Morgan fingerprint density at radius 2 is 2.14 bits per heavy atom. The maximum Gasteiger partial charge on any atom is 0.321 e. The standard InChI is InChI=1S/C12H14ClN3O5/c1-15(6-2-3-11(17)18)12(19)14-10-7-8(16(20)21)4-5-9(10)13/h4-5,7H,2-3,6H2,1H3,(H,14,19)(H,17,18). The number of carbonyl (C=O) groups excluding carboxylic acids is 1. The monoisotopic (exact) mass is 315 g/mol. The summed E-state index contributed by atoms with van der Waals surface area (Å²) in [7, 11) is 1.49. The fraction of sp³-hybridized carbons (Fsp3) is 0.333. The molecule has 0 heterocycles. The number of nitrogens with zero attached hydrogens (tertiary/aromatic N) is 2. The van der Waals surface area contributed by atoms with Crippen LogP contribution < -0.4 is 5.32 Å². The van der Waals surface area contributed by atoms with Crippen LogP contribution in [0.5, 0.6) is 0 Å². The van der Waals surface area contributed by atoms with E-state index in [1.54, 1.807) is 0 Å². The van der Waals surface area contributed by atoms with E-state index >= 15 is 0 Å².